The molecule has 2 nitrogen and oxygen atoms in total. The highest BCUT2D eigenvalue weighted by molar-refractivity contribution is 8.20. The molecule has 0 aliphatic carbocycles. The van der Waals surface area contributed by atoms with Gasteiger partial charge in [-0.2, -0.15) is 0 Å². The van der Waals surface area contributed by atoms with Crippen molar-refractivity contribution in [3.63, 3.8) is 0 Å². The summed E-state index contributed by atoms with van der Waals surface area (Å²) in [4.78, 5) is 7.28. The van der Waals surface area contributed by atoms with Gasteiger partial charge < -0.3 is 4.89 Å². The maximum atomic E-state index is 9.63. The van der Waals surface area contributed by atoms with Crippen LogP contribution < -0.4 is 4.89 Å². The number of thioether (sulfide) groups is 2. The minimum atomic E-state index is -0.139. The van der Waals surface area contributed by atoms with Crippen LogP contribution in [0.2, 0.25) is 0 Å². The number of rotatable bonds is 7. The zero-order valence-corrected chi connectivity index (χ0v) is 20.0. The average molecular weight is 409 g/mol. The van der Waals surface area contributed by atoms with E-state index in [0.717, 1.165) is 17.5 Å². The summed E-state index contributed by atoms with van der Waals surface area (Å²) < 4.78 is -0.0545. The Morgan fingerprint density at radius 2 is 1.52 bits per heavy atom. The van der Waals surface area contributed by atoms with Crippen molar-refractivity contribution in [1.29, 1.82) is 0 Å². The molecule has 0 radical (unpaired) electrons. The van der Waals surface area contributed by atoms with E-state index in [0.29, 0.717) is 5.75 Å². The number of allylic oxidation sites excluding steroid dienone is 2. The van der Waals surface area contributed by atoms with E-state index in [1.54, 1.807) is 0 Å². The van der Waals surface area contributed by atoms with Gasteiger partial charge in [0.25, 0.3) is 0 Å². The first-order valence-electron chi connectivity index (χ1n) is 9.46. The van der Waals surface area contributed by atoms with Crippen molar-refractivity contribution in [1.82, 2.24) is 0 Å². The molecule has 0 spiro atoms. The molecule has 0 aliphatic heterocycles. The second-order valence-corrected chi connectivity index (χ2v) is 12.9. The molecule has 0 bridgehead atoms. The van der Waals surface area contributed by atoms with Gasteiger partial charge in [-0.3, -0.25) is 0 Å². The highest BCUT2D eigenvalue weighted by atomic mass is 32.2. The lowest BCUT2D eigenvalue weighted by atomic mass is 9.79. The fraction of sp³-hybridized carbons (Fsp3) is 0.565. The van der Waals surface area contributed by atoms with E-state index in [1.807, 2.05) is 29.6 Å². The third kappa shape index (κ3) is 6.92. The fourth-order valence-electron chi connectivity index (χ4n) is 2.83. The first-order valence-corrected chi connectivity index (χ1v) is 11.1. The van der Waals surface area contributed by atoms with Gasteiger partial charge in [-0.25, -0.2) is 5.26 Å². The molecule has 1 aromatic carbocycles. The molecule has 27 heavy (non-hydrogen) atoms. The second-order valence-electron chi connectivity index (χ2n) is 9.26. The van der Waals surface area contributed by atoms with E-state index >= 15 is 0 Å². The monoisotopic (exact) mass is 408 g/mol. The summed E-state index contributed by atoms with van der Waals surface area (Å²) in [7, 11) is 0. The predicted octanol–water partition coefficient (Wildman–Crippen LogP) is 8.17. The van der Waals surface area contributed by atoms with E-state index in [2.05, 4.69) is 87.1 Å². The highest BCUT2D eigenvalue weighted by Crippen LogP contribution is 2.48. The Labute approximate surface area is 174 Å². The normalized spacial score (nSPS) is 13.6. The Kier molecular flexibility index (Phi) is 8.16. The van der Waals surface area contributed by atoms with E-state index < -0.39 is 0 Å². The maximum absolute atomic E-state index is 9.63. The molecule has 0 amide bonds. The summed E-state index contributed by atoms with van der Waals surface area (Å²) in [6, 6.07) is 4.32. The number of hydrogen-bond donors (Lipinski definition) is 1. The number of hydrogen-bond acceptors (Lipinski definition) is 4. The zero-order chi connectivity index (χ0) is 21.0. The molecule has 1 N–H and O–H groups in total. The van der Waals surface area contributed by atoms with Crippen molar-refractivity contribution in [2.75, 3.05) is 0 Å². The van der Waals surface area contributed by atoms with Crippen LogP contribution in [0.4, 0.5) is 0 Å². The van der Waals surface area contributed by atoms with Gasteiger partial charge in [0.1, 0.15) is 0 Å². The van der Waals surface area contributed by atoms with Crippen LogP contribution in [0.25, 0.3) is 0 Å². The zero-order valence-electron chi connectivity index (χ0n) is 18.4. The Bertz CT molecular complexity index is 654. The first-order chi connectivity index (χ1) is 12.2. The molecule has 0 saturated heterocycles. The Balaban J connectivity index is 3.44. The van der Waals surface area contributed by atoms with Gasteiger partial charge in [-0.1, -0.05) is 67.2 Å². The number of benzene rings is 1. The summed E-state index contributed by atoms with van der Waals surface area (Å²) >= 11 is 3.66. The van der Waals surface area contributed by atoms with Crippen molar-refractivity contribution >= 4 is 23.5 Å². The SMILES string of the molecule is C=C/C(=C\CC)SC(C)(C)Sc1cc(C(C)(C)C)c(OO)c(C(C)(C)C)c1. The van der Waals surface area contributed by atoms with E-state index in [-0.39, 0.29) is 14.9 Å². The van der Waals surface area contributed by atoms with Gasteiger partial charge in [0.05, 0.1) is 4.08 Å². The quantitative estimate of drug-likeness (QED) is 0.162. The van der Waals surface area contributed by atoms with Crippen molar-refractivity contribution in [3.8, 4) is 5.75 Å². The summed E-state index contributed by atoms with van der Waals surface area (Å²) in [6.07, 6.45) is 5.14. The summed E-state index contributed by atoms with van der Waals surface area (Å²) in [5.41, 5.74) is 1.77. The molecule has 152 valence electrons. The molecule has 0 fully saturated rings. The Morgan fingerprint density at radius 3 is 1.85 bits per heavy atom. The highest BCUT2D eigenvalue weighted by Gasteiger charge is 2.30. The fourth-order valence-corrected chi connectivity index (χ4v) is 5.40. The third-order valence-corrected chi connectivity index (χ3v) is 6.63. The van der Waals surface area contributed by atoms with Gasteiger partial charge in [-0.05, 0) is 43.2 Å². The molecule has 4 heteroatoms. The summed E-state index contributed by atoms with van der Waals surface area (Å²) in [5.74, 6) is 0.586. The molecule has 1 rings (SSSR count). The molecule has 0 saturated carbocycles. The lowest BCUT2D eigenvalue weighted by molar-refractivity contribution is -0.140. The van der Waals surface area contributed by atoms with E-state index in [1.165, 1.54) is 9.80 Å². The van der Waals surface area contributed by atoms with Gasteiger partial charge in [0, 0.05) is 20.9 Å². The van der Waals surface area contributed by atoms with Crippen molar-refractivity contribution < 1.29 is 10.1 Å². The minimum absolute atomic E-state index is 0.0545. The molecule has 0 atom stereocenters. The standard InChI is InChI=1S/C23H36O2S2/c1-11-13-16(12-2)26-23(9,10)27-17-14-18(21(3,4)5)20(25-24)19(15-17)22(6,7)8/h12-15,24H,2,11H2,1,3-10H3/b16-13+. The van der Waals surface area contributed by atoms with E-state index in [4.69, 9.17) is 4.89 Å². The Hall–Kier alpha value is -0.840. The molecule has 0 aromatic heterocycles. The first kappa shape index (κ1) is 24.2. The van der Waals surface area contributed by atoms with Crippen LogP contribution in [-0.4, -0.2) is 9.34 Å². The van der Waals surface area contributed by atoms with Crippen LogP contribution >= 0.6 is 23.5 Å². The molecule has 0 aliphatic rings. The summed E-state index contributed by atoms with van der Waals surface area (Å²) in [6.45, 7) is 23.4. The van der Waals surface area contributed by atoms with Crippen molar-refractivity contribution in [3.05, 3.63) is 46.9 Å². The minimum Gasteiger partial charge on any atom is -0.340 e. The second kappa shape index (κ2) is 9.11. The smallest absolute Gasteiger partial charge is 0.172 e. The molecular formula is C23H36O2S2. The molecule has 0 unspecified atom stereocenters. The van der Waals surface area contributed by atoms with Crippen molar-refractivity contribution in [2.24, 2.45) is 0 Å². The van der Waals surface area contributed by atoms with E-state index in [9.17, 15) is 5.26 Å². The van der Waals surface area contributed by atoms with Crippen LogP contribution in [0.3, 0.4) is 0 Å². The average Bonchev–Trinajstić information content (AvgIpc) is 2.51. The largest absolute Gasteiger partial charge is 0.340 e. The van der Waals surface area contributed by atoms with Crippen LogP contribution in [0.5, 0.6) is 5.75 Å². The van der Waals surface area contributed by atoms with Gasteiger partial charge in [0.2, 0.25) is 0 Å². The predicted molar refractivity (Wildman–Crippen MR) is 123 cm³/mol. The molecule has 0 heterocycles. The van der Waals surface area contributed by atoms with Gasteiger partial charge >= 0.3 is 0 Å². The lowest BCUT2D eigenvalue weighted by Crippen LogP contribution is -2.20. The third-order valence-electron chi connectivity index (χ3n) is 4.10. The van der Waals surface area contributed by atoms with Crippen LogP contribution in [-0.2, 0) is 10.8 Å². The van der Waals surface area contributed by atoms with Crippen LogP contribution in [0, 0.1) is 0 Å². The topological polar surface area (TPSA) is 29.5 Å². The summed E-state index contributed by atoms with van der Waals surface area (Å²) in [5, 5.41) is 9.63. The van der Waals surface area contributed by atoms with Gasteiger partial charge in [0.15, 0.2) is 5.75 Å². The lowest BCUT2D eigenvalue weighted by Gasteiger charge is -2.30. The molecular weight excluding hydrogens is 372 g/mol. The maximum Gasteiger partial charge on any atom is 0.172 e. The van der Waals surface area contributed by atoms with Crippen molar-refractivity contribution in [2.45, 2.75) is 88.5 Å². The van der Waals surface area contributed by atoms with Crippen LogP contribution in [0.15, 0.2) is 40.7 Å². The Morgan fingerprint density at radius 1 is 1.04 bits per heavy atom. The van der Waals surface area contributed by atoms with Gasteiger partial charge in [-0.15, -0.1) is 23.5 Å². The van der Waals surface area contributed by atoms with Crippen LogP contribution in [0.1, 0.15) is 79.9 Å². The molecule has 1 aromatic rings.